The van der Waals surface area contributed by atoms with Crippen LogP contribution in [0.2, 0.25) is 0 Å². The van der Waals surface area contributed by atoms with E-state index in [1.807, 2.05) is 6.07 Å². The quantitative estimate of drug-likeness (QED) is 0.807. The number of hydrogen-bond donors (Lipinski definition) is 1. The van der Waals surface area contributed by atoms with Gasteiger partial charge < -0.3 is 5.32 Å². The largest absolute Gasteiger partial charge is 0.345 e. The van der Waals surface area contributed by atoms with Gasteiger partial charge in [-0.2, -0.15) is 0 Å². The zero-order valence-electron chi connectivity index (χ0n) is 11.9. The van der Waals surface area contributed by atoms with Gasteiger partial charge in [-0.25, -0.2) is 0 Å². The number of carbonyl (C=O) groups excluding carboxylic acids is 1. The summed E-state index contributed by atoms with van der Waals surface area (Å²) in [5, 5.41) is 4.13. The highest BCUT2D eigenvalue weighted by molar-refractivity contribution is 9.09. The van der Waals surface area contributed by atoms with Crippen LogP contribution in [-0.2, 0) is 0 Å². The van der Waals surface area contributed by atoms with Crippen molar-refractivity contribution in [1.82, 2.24) is 5.32 Å². The zero-order valence-corrected chi connectivity index (χ0v) is 14.3. The first-order valence-electron chi connectivity index (χ1n) is 6.91. The predicted molar refractivity (Wildman–Crippen MR) is 85.4 cm³/mol. The molecule has 1 aliphatic carbocycles. The number of nitrogens with one attached hydrogen (secondary N) is 1. The second kappa shape index (κ2) is 5.96. The van der Waals surface area contributed by atoms with Gasteiger partial charge in [0.25, 0.3) is 5.91 Å². The third-order valence-corrected chi connectivity index (χ3v) is 6.48. The van der Waals surface area contributed by atoms with Crippen LogP contribution in [-0.4, -0.2) is 16.8 Å². The summed E-state index contributed by atoms with van der Waals surface area (Å²) in [7, 11) is 0. The van der Waals surface area contributed by atoms with Crippen molar-refractivity contribution in [1.29, 1.82) is 0 Å². The minimum absolute atomic E-state index is 0.0462. The first-order valence-corrected chi connectivity index (χ1v) is 8.85. The van der Waals surface area contributed by atoms with Gasteiger partial charge in [0.05, 0.1) is 10.4 Å². The van der Waals surface area contributed by atoms with Crippen LogP contribution in [0, 0.1) is 19.8 Å². The van der Waals surface area contributed by atoms with Crippen LogP contribution in [0.25, 0.3) is 0 Å². The third-order valence-electron chi connectivity index (χ3n) is 4.26. The number of aryl methyl sites for hydroxylation is 2. The first kappa shape index (κ1) is 15.0. The maximum Gasteiger partial charge on any atom is 0.261 e. The van der Waals surface area contributed by atoms with Gasteiger partial charge >= 0.3 is 0 Å². The molecule has 1 aromatic heterocycles. The standard InChI is InChI=1S/C15H22BrNOS/c1-10-4-6-15(9-16,7-5-10)17-14(18)13-8-11(2)12(3)19-13/h8,10H,4-7,9H2,1-3H3,(H,17,18). The fourth-order valence-corrected chi connectivity index (χ4v) is 4.22. The normalized spacial score (nSPS) is 27.3. The molecule has 0 bridgehead atoms. The minimum atomic E-state index is -0.0462. The highest BCUT2D eigenvalue weighted by atomic mass is 79.9. The smallest absolute Gasteiger partial charge is 0.261 e. The van der Waals surface area contributed by atoms with Crippen LogP contribution >= 0.6 is 27.3 Å². The number of amides is 1. The van der Waals surface area contributed by atoms with E-state index < -0.39 is 0 Å². The lowest BCUT2D eigenvalue weighted by Crippen LogP contribution is -2.51. The molecule has 0 atom stereocenters. The Labute approximate surface area is 128 Å². The molecule has 0 saturated heterocycles. The monoisotopic (exact) mass is 343 g/mol. The van der Waals surface area contributed by atoms with Crippen molar-refractivity contribution in [2.24, 2.45) is 5.92 Å². The van der Waals surface area contributed by atoms with Crippen molar-refractivity contribution >= 4 is 33.2 Å². The van der Waals surface area contributed by atoms with Crippen molar-refractivity contribution in [2.45, 2.75) is 52.0 Å². The SMILES string of the molecule is Cc1cc(C(=O)NC2(CBr)CCC(C)CC2)sc1C. The number of hydrogen-bond acceptors (Lipinski definition) is 2. The van der Waals surface area contributed by atoms with Gasteiger partial charge in [-0.05, 0) is 57.1 Å². The molecule has 0 aromatic carbocycles. The molecule has 0 spiro atoms. The minimum Gasteiger partial charge on any atom is -0.345 e. The number of alkyl halides is 1. The van der Waals surface area contributed by atoms with Gasteiger partial charge in [0.2, 0.25) is 0 Å². The van der Waals surface area contributed by atoms with Crippen molar-refractivity contribution in [3.05, 3.63) is 21.4 Å². The van der Waals surface area contributed by atoms with Crippen LogP contribution in [0.4, 0.5) is 0 Å². The molecular formula is C15H22BrNOS. The van der Waals surface area contributed by atoms with Gasteiger partial charge in [-0.15, -0.1) is 11.3 Å². The second-order valence-electron chi connectivity index (χ2n) is 5.90. The van der Waals surface area contributed by atoms with Gasteiger partial charge in [0.15, 0.2) is 0 Å². The summed E-state index contributed by atoms with van der Waals surface area (Å²) in [6.07, 6.45) is 4.56. The molecule has 2 rings (SSSR count). The molecule has 1 fully saturated rings. The Morgan fingerprint density at radius 2 is 2.11 bits per heavy atom. The van der Waals surface area contributed by atoms with E-state index in [1.54, 1.807) is 11.3 Å². The fraction of sp³-hybridized carbons (Fsp3) is 0.667. The van der Waals surface area contributed by atoms with Crippen LogP contribution < -0.4 is 5.32 Å². The highest BCUT2D eigenvalue weighted by Gasteiger charge is 2.35. The van der Waals surface area contributed by atoms with E-state index >= 15 is 0 Å². The summed E-state index contributed by atoms with van der Waals surface area (Å²) >= 11 is 5.19. The highest BCUT2D eigenvalue weighted by Crippen LogP contribution is 2.34. The predicted octanol–water partition coefficient (Wildman–Crippen LogP) is 4.44. The van der Waals surface area contributed by atoms with Crippen molar-refractivity contribution in [3.8, 4) is 0 Å². The molecule has 19 heavy (non-hydrogen) atoms. The van der Waals surface area contributed by atoms with E-state index in [9.17, 15) is 4.79 Å². The molecule has 1 aliphatic rings. The molecule has 2 nitrogen and oxygen atoms in total. The molecule has 1 N–H and O–H groups in total. The Bertz CT molecular complexity index is 441. The van der Waals surface area contributed by atoms with Gasteiger partial charge in [-0.1, -0.05) is 22.9 Å². The molecule has 106 valence electrons. The summed E-state index contributed by atoms with van der Waals surface area (Å²) in [5.41, 5.74) is 1.16. The van der Waals surface area contributed by atoms with Crippen molar-refractivity contribution in [3.63, 3.8) is 0 Å². The zero-order chi connectivity index (χ0) is 14.0. The van der Waals surface area contributed by atoms with E-state index in [2.05, 4.69) is 42.0 Å². The molecule has 0 aliphatic heterocycles. The lowest BCUT2D eigenvalue weighted by molar-refractivity contribution is 0.0878. The van der Waals surface area contributed by atoms with E-state index in [0.717, 1.165) is 29.0 Å². The molecule has 1 aromatic rings. The van der Waals surface area contributed by atoms with Crippen LogP contribution in [0.3, 0.4) is 0 Å². The average Bonchev–Trinajstić information content (AvgIpc) is 2.73. The Hall–Kier alpha value is -0.350. The van der Waals surface area contributed by atoms with E-state index in [-0.39, 0.29) is 11.4 Å². The fourth-order valence-electron chi connectivity index (χ4n) is 2.59. The number of rotatable bonds is 3. The van der Waals surface area contributed by atoms with E-state index in [0.29, 0.717) is 0 Å². The molecule has 1 saturated carbocycles. The Morgan fingerprint density at radius 3 is 2.58 bits per heavy atom. The summed E-state index contributed by atoms with van der Waals surface area (Å²) in [5.74, 6) is 0.880. The molecule has 1 amide bonds. The summed E-state index contributed by atoms with van der Waals surface area (Å²) in [6, 6.07) is 2.00. The van der Waals surface area contributed by atoms with Crippen molar-refractivity contribution < 1.29 is 4.79 Å². The molecular weight excluding hydrogens is 322 g/mol. The van der Waals surface area contributed by atoms with E-state index in [1.165, 1.54) is 23.3 Å². The Kier molecular flexibility index (Phi) is 4.72. The number of halogens is 1. The topological polar surface area (TPSA) is 29.1 Å². The average molecular weight is 344 g/mol. The Morgan fingerprint density at radius 1 is 1.47 bits per heavy atom. The summed E-state index contributed by atoms with van der Waals surface area (Å²) < 4.78 is 0. The van der Waals surface area contributed by atoms with Gasteiger partial charge in [-0.3, -0.25) is 4.79 Å². The van der Waals surface area contributed by atoms with Crippen LogP contribution in [0.1, 0.15) is 52.7 Å². The number of thiophene rings is 1. The Balaban J connectivity index is 2.08. The third kappa shape index (κ3) is 3.40. The van der Waals surface area contributed by atoms with Gasteiger partial charge in [0.1, 0.15) is 0 Å². The lowest BCUT2D eigenvalue weighted by Gasteiger charge is -2.38. The van der Waals surface area contributed by atoms with Gasteiger partial charge in [0, 0.05) is 10.2 Å². The maximum absolute atomic E-state index is 12.4. The van der Waals surface area contributed by atoms with Crippen LogP contribution in [0.5, 0.6) is 0 Å². The van der Waals surface area contributed by atoms with E-state index in [4.69, 9.17) is 0 Å². The molecule has 4 heteroatoms. The number of carbonyl (C=O) groups is 1. The lowest BCUT2D eigenvalue weighted by atomic mass is 9.78. The first-order chi connectivity index (χ1) is 8.96. The molecule has 1 heterocycles. The van der Waals surface area contributed by atoms with Crippen molar-refractivity contribution in [2.75, 3.05) is 5.33 Å². The summed E-state index contributed by atoms with van der Waals surface area (Å²) in [6.45, 7) is 6.43. The second-order valence-corrected chi connectivity index (χ2v) is 7.72. The molecule has 0 unspecified atom stereocenters. The summed E-state index contributed by atoms with van der Waals surface area (Å²) in [4.78, 5) is 14.5. The van der Waals surface area contributed by atoms with Crippen LogP contribution in [0.15, 0.2) is 6.07 Å². The molecule has 0 radical (unpaired) electrons. The maximum atomic E-state index is 12.4.